The van der Waals surface area contributed by atoms with Crippen molar-refractivity contribution in [3.63, 3.8) is 0 Å². The number of amides is 2. The van der Waals surface area contributed by atoms with Gasteiger partial charge in [-0.25, -0.2) is 0 Å². The van der Waals surface area contributed by atoms with Crippen molar-refractivity contribution in [2.24, 2.45) is 5.92 Å². The molecule has 1 fully saturated rings. The highest BCUT2D eigenvalue weighted by atomic mass is 32.1. The second-order valence-corrected chi connectivity index (χ2v) is 5.40. The normalized spacial score (nSPS) is 22.2. The Kier molecular flexibility index (Phi) is 4.89. The van der Waals surface area contributed by atoms with E-state index in [-0.39, 0.29) is 24.3 Å². The molecule has 1 aromatic heterocycles. The number of carbonyl (C=O) groups is 2. The minimum absolute atomic E-state index is 0.0388. The van der Waals surface area contributed by atoms with Gasteiger partial charge < -0.3 is 21.1 Å². The van der Waals surface area contributed by atoms with Crippen LogP contribution in [0.15, 0.2) is 17.5 Å². The fraction of sp³-hybridized carbons (Fsp3) is 0.500. The summed E-state index contributed by atoms with van der Waals surface area (Å²) in [5.41, 5.74) is 0. The summed E-state index contributed by atoms with van der Waals surface area (Å²) in [7, 11) is 0. The molecule has 104 valence electrons. The fourth-order valence-electron chi connectivity index (χ4n) is 1.89. The molecule has 2 unspecified atom stereocenters. The van der Waals surface area contributed by atoms with Gasteiger partial charge >= 0.3 is 0 Å². The van der Waals surface area contributed by atoms with Crippen LogP contribution in [0.5, 0.6) is 0 Å². The lowest BCUT2D eigenvalue weighted by Gasteiger charge is -2.14. The summed E-state index contributed by atoms with van der Waals surface area (Å²) in [6.07, 6.45) is -0.416. The van der Waals surface area contributed by atoms with Crippen LogP contribution in [0, 0.1) is 5.92 Å². The van der Waals surface area contributed by atoms with Gasteiger partial charge in [0.25, 0.3) is 5.91 Å². The standard InChI is InChI=1S/C12H17N3O3S/c16-9-6-13-4-8(9)5-14-11(17)7-15-12(18)10-2-1-3-19-10/h1-3,8-9,13,16H,4-7H2,(H,14,17)(H,15,18). The van der Waals surface area contributed by atoms with Crippen LogP contribution in [0.2, 0.25) is 0 Å². The van der Waals surface area contributed by atoms with Crippen LogP contribution in [-0.4, -0.2) is 49.2 Å². The highest BCUT2D eigenvalue weighted by molar-refractivity contribution is 7.12. The molecule has 1 aromatic rings. The highest BCUT2D eigenvalue weighted by Crippen LogP contribution is 2.08. The third-order valence-corrected chi connectivity index (χ3v) is 3.89. The highest BCUT2D eigenvalue weighted by Gasteiger charge is 2.24. The maximum absolute atomic E-state index is 11.6. The van der Waals surface area contributed by atoms with Gasteiger partial charge in [-0.2, -0.15) is 0 Å². The molecule has 2 amide bonds. The predicted octanol–water partition coefficient (Wildman–Crippen LogP) is -0.826. The molecule has 0 spiro atoms. The first-order valence-corrected chi connectivity index (χ1v) is 7.02. The van der Waals surface area contributed by atoms with Gasteiger partial charge in [-0.05, 0) is 11.4 Å². The number of β-amino-alcohol motifs (C(OH)–C–C–N with tert-alkyl or cyclic N) is 1. The lowest BCUT2D eigenvalue weighted by molar-refractivity contribution is -0.120. The second-order valence-electron chi connectivity index (χ2n) is 4.45. The number of thiophene rings is 1. The Hall–Kier alpha value is -1.44. The smallest absolute Gasteiger partial charge is 0.261 e. The van der Waals surface area contributed by atoms with Crippen molar-refractivity contribution in [3.05, 3.63) is 22.4 Å². The maximum Gasteiger partial charge on any atom is 0.261 e. The Labute approximate surface area is 115 Å². The van der Waals surface area contributed by atoms with Crippen LogP contribution in [0.4, 0.5) is 0 Å². The molecule has 1 aliphatic heterocycles. The van der Waals surface area contributed by atoms with Crippen LogP contribution >= 0.6 is 11.3 Å². The van der Waals surface area contributed by atoms with Crippen molar-refractivity contribution in [1.29, 1.82) is 0 Å². The minimum atomic E-state index is -0.416. The van der Waals surface area contributed by atoms with E-state index in [4.69, 9.17) is 0 Å². The third-order valence-electron chi connectivity index (χ3n) is 3.02. The van der Waals surface area contributed by atoms with Gasteiger partial charge in [-0.1, -0.05) is 6.07 Å². The summed E-state index contributed by atoms with van der Waals surface area (Å²) >= 11 is 1.33. The zero-order chi connectivity index (χ0) is 13.7. The molecule has 0 aliphatic carbocycles. The van der Waals surface area contributed by atoms with Crippen molar-refractivity contribution >= 4 is 23.2 Å². The van der Waals surface area contributed by atoms with E-state index >= 15 is 0 Å². The number of hydrogen-bond donors (Lipinski definition) is 4. The van der Waals surface area contributed by atoms with Gasteiger partial charge in [0.05, 0.1) is 17.5 Å². The largest absolute Gasteiger partial charge is 0.391 e. The zero-order valence-corrected chi connectivity index (χ0v) is 11.2. The summed E-state index contributed by atoms with van der Waals surface area (Å²) < 4.78 is 0. The van der Waals surface area contributed by atoms with E-state index < -0.39 is 6.10 Å². The van der Waals surface area contributed by atoms with Crippen molar-refractivity contribution in [1.82, 2.24) is 16.0 Å². The Balaban J connectivity index is 1.66. The Morgan fingerprint density at radius 1 is 1.42 bits per heavy atom. The molecule has 0 saturated carbocycles. The average molecular weight is 283 g/mol. The number of carbonyl (C=O) groups excluding carboxylic acids is 2. The fourth-order valence-corrected chi connectivity index (χ4v) is 2.53. The Morgan fingerprint density at radius 3 is 2.89 bits per heavy atom. The molecule has 19 heavy (non-hydrogen) atoms. The monoisotopic (exact) mass is 283 g/mol. The molecule has 1 aliphatic rings. The molecule has 2 rings (SSSR count). The molecule has 0 radical (unpaired) electrons. The van der Waals surface area contributed by atoms with E-state index in [1.54, 1.807) is 12.1 Å². The summed E-state index contributed by atoms with van der Waals surface area (Å²) in [6.45, 7) is 1.63. The van der Waals surface area contributed by atoms with E-state index in [1.165, 1.54) is 11.3 Å². The number of aliphatic hydroxyl groups excluding tert-OH is 1. The van der Waals surface area contributed by atoms with Gasteiger partial charge in [0.2, 0.25) is 5.91 Å². The lowest BCUT2D eigenvalue weighted by atomic mass is 10.1. The number of hydrogen-bond acceptors (Lipinski definition) is 5. The SMILES string of the molecule is O=C(CNC(=O)c1cccs1)NCC1CNCC1O. The molecular weight excluding hydrogens is 266 g/mol. The van der Waals surface area contributed by atoms with Crippen molar-refractivity contribution in [2.45, 2.75) is 6.10 Å². The molecule has 2 atom stereocenters. The van der Waals surface area contributed by atoms with Crippen LogP contribution < -0.4 is 16.0 Å². The number of rotatable bonds is 5. The van der Waals surface area contributed by atoms with Gasteiger partial charge in [0.1, 0.15) is 0 Å². The van der Waals surface area contributed by atoms with Gasteiger partial charge in [0.15, 0.2) is 0 Å². The molecule has 2 heterocycles. The quantitative estimate of drug-likeness (QED) is 0.568. The van der Waals surface area contributed by atoms with E-state index in [0.29, 0.717) is 24.5 Å². The van der Waals surface area contributed by atoms with E-state index in [0.717, 1.165) is 0 Å². The van der Waals surface area contributed by atoms with Crippen LogP contribution in [0.3, 0.4) is 0 Å². The van der Waals surface area contributed by atoms with Crippen LogP contribution in [0.1, 0.15) is 9.67 Å². The second kappa shape index (κ2) is 6.65. The summed E-state index contributed by atoms with van der Waals surface area (Å²) in [6, 6.07) is 3.49. The summed E-state index contributed by atoms with van der Waals surface area (Å²) in [5, 5.41) is 19.7. The molecule has 1 saturated heterocycles. The third kappa shape index (κ3) is 4.02. The van der Waals surface area contributed by atoms with Crippen molar-refractivity contribution < 1.29 is 14.7 Å². The van der Waals surface area contributed by atoms with E-state index in [2.05, 4.69) is 16.0 Å². The van der Waals surface area contributed by atoms with Gasteiger partial charge in [-0.15, -0.1) is 11.3 Å². The first kappa shape index (κ1) is 14.0. The average Bonchev–Trinajstić information content (AvgIpc) is 3.05. The van der Waals surface area contributed by atoms with Gasteiger partial charge in [0, 0.05) is 25.6 Å². The lowest BCUT2D eigenvalue weighted by Crippen LogP contribution is -2.40. The molecule has 4 N–H and O–H groups in total. The number of nitrogens with one attached hydrogen (secondary N) is 3. The zero-order valence-electron chi connectivity index (χ0n) is 10.4. The van der Waals surface area contributed by atoms with Crippen molar-refractivity contribution in [2.75, 3.05) is 26.2 Å². The maximum atomic E-state index is 11.6. The van der Waals surface area contributed by atoms with Crippen molar-refractivity contribution in [3.8, 4) is 0 Å². The molecule has 7 heteroatoms. The van der Waals surface area contributed by atoms with Crippen LogP contribution in [-0.2, 0) is 4.79 Å². The first-order valence-electron chi connectivity index (χ1n) is 6.14. The number of aliphatic hydroxyl groups is 1. The predicted molar refractivity (Wildman–Crippen MR) is 72.0 cm³/mol. The molecule has 6 nitrogen and oxygen atoms in total. The first-order chi connectivity index (χ1) is 9.16. The summed E-state index contributed by atoms with van der Waals surface area (Å²) in [5.74, 6) is -0.450. The van der Waals surface area contributed by atoms with Crippen LogP contribution in [0.25, 0.3) is 0 Å². The Bertz CT molecular complexity index is 435. The topological polar surface area (TPSA) is 90.5 Å². The van der Waals surface area contributed by atoms with E-state index in [1.807, 2.05) is 5.38 Å². The molecular formula is C12H17N3O3S. The summed E-state index contributed by atoms with van der Waals surface area (Å²) in [4.78, 5) is 23.7. The minimum Gasteiger partial charge on any atom is -0.391 e. The van der Waals surface area contributed by atoms with E-state index in [9.17, 15) is 14.7 Å². The Morgan fingerprint density at radius 2 is 2.26 bits per heavy atom. The molecule has 0 aromatic carbocycles. The molecule has 0 bridgehead atoms. The van der Waals surface area contributed by atoms with Gasteiger partial charge in [-0.3, -0.25) is 9.59 Å².